The van der Waals surface area contributed by atoms with E-state index in [1.54, 1.807) is 0 Å². The molecule has 0 radical (unpaired) electrons. The van der Waals surface area contributed by atoms with Crippen LogP contribution in [-0.2, 0) is 16.6 Å². The number of halogens is 3. The molecule has 2 aromatic carbocycles. The molecular formula is C18H15F3N2O4S. The largest absolute Gasteiger partial charge is 0.573 e. The monoisotopic (exact) mass is 412 g/mol. The second kappa shape index (κ2) is 8.77. The molecule has 0 heterocycles. The Morgan fingerprint density at radius 1 is 1.07 bits per heavy atom. The van der Waals surface area contributed by atoms with Crippen molar-refractivity contribution in [3.8, 4) is 18.1 Å². The first kappa shape index (κ1) is 21.3. The van der Waals surface area contributed by atoms with Gasteiger partial charge in [0.25, 0.3) is 5.91 Å². The Kier molecular flexibility index (Phi) is 6.66. The van der Waals surface area contributed by atoms with E-state index in [9.17, 15) is 26.4 Å². The average molecular weight is 412 g/mol. The van der Waals surface area contributed by atoms with Crippen molar-refractivity contribution in [1.82, 2.24) is 10.0 Å². The molecular weight excluding hydrogens is 397 g/mol. The summed E-state index contributed by atoms with van der Waals surface area (Å²) in [5, 5.41) is 2.58. The summed E-state index contributed by atoms with van der Waals surface area (Å²) in [6.45, 7) is -0.0910. The number of carbonyl (C=O) groups is 1. The summed E-state index contributed by atoms with van der Waals surface area (Å²) in [7, 11) is -3.75. The molecule has 0 fully saturated rings. The molecule has 6 nitrogen and oxygen atoms in total. The summed E-state index contributed by atoms with van der Waals surface area (Å²) in [5.74, 6) is 1.31. The van der Waals surface area contributed by atoms with Crippen LogP contribution in [0.3, 0.4) is 0 Å². The van der Waals surface area contributed by atoms with Gasteiger partial charge in [-0.25, -0.2) is 8.42 Å². The van der Waals surface area contributed by atoms with Gasteiger partial charge in [0.05, 0.1) is 11.4 Å². The third-order valence-electron chi connectivity index (χ3n) is 3.40. The number of amides is 1. The summed E-state index contributed by atoms with van der Waals surface area (Å²) in [4.78, 5) is 12.1. The highest BCUT2D eigenvalue weighted by molar-refractivity contribution is 7.89. The number of ether oxygens (including phenoxy) is 1. The fourth-order valence-electron chi connectivity index (χ4n) is 2.10. The lowest BCUT2D eigenvalue weighted by Gasteiger charge is -2.10. The van der Waals surface area contributed by atoms with Gasteiger partial charge in [0.2, 0.25) is 10.0 Å². The molecule has 2 rings (SSSR count). The summed E-state index contributed by atoms with van der Waals surface area (Å²) < 4.78 is 66.1. The molecule has 2 aromatic rings. The van der Waals surface area contributed by atoms with Crippen LogP contribution in [-0.4, -0.2) is 27.2 Å². The molecule has 0 aliphatic heterocycles. The highest BCUT2D eigenvalue weighted by Gasteiger charge is 2.30. The van der Waals surface area contributed by atoms with Gasteiger partial charge in [0, 0.05) is 12.1 Å². The molecule has 1 amide bonds. The molecule has 148 valence electrons. The standard InChI is InChI=1S/C18H15F3N2O4S/c1-2-11-23-28(25,26)16-9-5-14(6-10-16)17(24)22-12-13-3-7-15(8-4-13)27-18(19,20)21/h1,3-10,23H,11-12H2,(H,22,24). The quantitative estimate of drug-likeness (QED) is 0.685. The normalized spacial score (nSPS) is 11.5. The first-order chi connectivity index (χ1) is 13.1. The minimum atomic E-state index is -4.77. The van der Waals surface area contributed by atoms with Gasteiger partial charge < -0.3 is 10.1 Å². The SMILES string of the molecule is C#CCNS(=O)(=O)c1ccc(C(=O)NCc2ccc(OC(F)(F)F)cc2)cc1. The van der Waals surface area contributed by atoms with E-state index in [1.165, 1.54) is 36.4 Å². The van der Waals surface area contributed by atoms with Crippen molar-refractivity contribution in [2.45, 2.75) is 17.8 Å². The fraction of sp³-hybridized carbons (Fsp3) is 0.167. The molecule has 28 heavy (non-hydrogen) atoms. The van der Waals surface area contributed by atoms with E-state index in [0.717, 1.165) is 12.1 Å². The predicted octanol–water partition coefficient (Wildman–Crippen LogP) is 2.43. The van der Waals surface area contributed by atoms with Crippen molar-refractivity contribution in [3.05, 3.63) is 59.7 Å². The van der Waals surface area contributed by atoms with Crippen LogP contribution < -0.4 is 14.8 Å². The van der Waals surface area contributed by atoms with Crippen molar-refractivity contribution in [1.29, 1.82) is 0 Å². The van der Waals surface area contributed by atoms with Crippen molar-refractivity contribution in [2.24, 2.45) is 0 Å². The van der Waals surface area contributed by atoms with Crippen LogP contribution in [0, 0.1) is 12.3 Å². The van der Waals surface area contributed by atoms with Crippen LogP contribution in [0.1, 0.15) is 15.9 Å². The van der Waals surface area contributed by atoms with Crippen molar-refractivity contribution < 1.29 is 31.1 Å². The molecule has 10 heteroatoms. The van der Waals surface area contributed by atoms with E-state index in [4.69, 9.17) is 6.42 Å². The Morgan fingerprint density at radius 2 is 1.68 bits per heavy atom. The lowest BCUT2D eigenvalue weighted by Crippen LogP contribution is -2.25. The van der Waals surface area contributed by atoms with E-state index in [1.807, 2.05) is 0 Å². The van der Waals surface area contributed by atoms with E-state index < -0.39 is 22.3 Å². The molecule has 2 N–H and O–H groups in total. The molecule has 0 atom stereocenters. The lowest BCUT2D eigenvalue weighted by atomic mass is 10.2. The second-order valence-electron chi connectivity index (χ2n) is 5.43. The third-order valence-corrected chi connectivity index (χ3v) is 4.82. The highest BCUT2D eigenvalue weighted by Crippen LogP contribution is 2.22. The van der Waals surface area contributed by atoms with Crippen LogP contribution in [0.2, 0.25) is 0 Å². The number of sulfonamides is 1. The smallest absolute Gasteiger partial charge is 0.406 e. The zero-order valence-corrected chi connectivity index (χ0v) is 15.1. The van der Waals surface area contributed by atoms with E-state index in [0.29, 0.717) is 5.56 Å². The highest BCUT2D eigenvalue weighted by atomic mass is 32.2. The Hall–Kier alpha value is -3.03. The van der Waals surface area contributed by atoms with E-state index in [-0.39, 0.29) is 29.3 Å². The molecule has 0 aromatic heterocycles. The zero-order chi connectivity index (χ0) is 20.8. The molecule has 0 aliphatic carbocycles. The molecule has 0 saturated heterocycles. The van der Waals surface area contributed by atoms with Gasteiger partial charge in [-0.1, -0.05) is 18.1 Å². The number of terminal acetylenes is 1. The molecule has 0 unspecified atom stereocenters. The molecule has 0 bridgehead atoms. The maximum Gasteiger partial charge on any atom is 0.573 e. The minimum absolute atomic E-state index is 0.0421. The van der Waals surface area contributed by atoms with Crippen molar-refractivity contribution in [3.63, 3.8) is 0 Å². The fourth-order valence-corrected chi connectivity index (χ4v) is 3.03. The first-order valence-electron chi connectivity index (χ1n) is 7.77. The lowest BCUT2D eigenvalue weighted by molar-refractivity contribution is -0.274. The van der Waals surface area contributed by atoms with Crippen LogP contribution in [0.4, 0.5) is 13.2 Å². The van der Waals surface area contributed by atoms with Crippen molar-refractivity contribution in [2.75, 3.05) is 6.54 Å². The van der Waals surface area contributed by atoms with Crippen LogP contribution in [0.15, 0.2) is 53.4 Å². The van der Waals surface area contributed by atoms with Crippen LogP contribution >= 0.6 is 0 Å². The number of rotatable bonds is 7. The maximum atomic E-state index is 12.1. The van der Waals surface area contributed by atoms with Crippen LogP contribution in [0.25, 0.3) is 0 Å². The number of hydrogen-bond acceptors (Lipinski definition) is 4. The third kappa shape index (κ3) is 6.29. The first-order valence-corrected chi connectivity index (χ1v) is 9.25. The minimum Gasteiger partial charge on any atom is -0.406 e. The summed E-state index contributed by atoms with van der Waals surface area (Å²) in [5.41, 5.74) is 0.772. The maximum absolute atomic E-state index is 12.1. The molecule has 0 spiro atoms. The van der Waals surface area contributed by atoms with Gasteiger partial charge in [-0.2, -0.15) is 4.72 Å². The van der Waals surface area contributed by atoms with Gasteiger partial charge >= 0.3 is 6.36 Å². The Balaban J connectivity index is 1.95. The number of hydrogen-bond donors (Lipinski definition) is 2. The Labute approximate surface area is 159 Å². The van der Waals surface area contributed by atoms with Gasteiger partial charge in [-0.15, -0.1) is 19.6 Å². The van der Waals surface area contributed by atoms with E-state index >= 15 is 0 Å². The molecule has 0 saturated carbocycles. The molecule has 0 aliphatic rings. The van der Waals surface area contributed by atoms with Gasteiger partial charge in [-0.3, -0.25) is 4.79 Å². The Bertz CT molecular complexity index is 964. The second-order valence-corrected chi connectivity index (χ2v) is 7.19. The average Bonchev–Trinajstić information content (AvgIpc) is 2.64. The number of benzene rings is 2. The zero-order valence-electron chi connectivity index (χ0n) is 14.3. The Morgan fingerprint density at radius 3 is 2.21 bits per heavy atom. The van der Waals surface area contributed by atoms with Crippen molar-refractivity contribution >= 4 is 15.9 Å². The van der Waals surface area contributed by atoms with Gasteiger partial charge in [0.1, 0.15) is 5.75 Å². The number of nitrogens with one attached hydrogen (secondary N) is 2. The van der Waals surface area contributed by atoms with Gasteiger partial charge in [-0.05, 0) is 42.0 Å². The number of carbonyl (C=O) groups excluding carboxylic acids is 1. The predicted molar refractivity (Wildman–Crippen MR) is 94.8 cm³/mol. The summed E-state index contributed by atoms with van der Waals surface area (Å²) >= 11 is 0. The van der Waals surface area contributed by atoms with Gasteiger partial charge in [0.15, 0.2) is 0 Å². The van der Waals surface area contributed by atoms with E-state index in [2.05, 4.69) is 20.7 Å². The topological polar surface area (TPSA) is 84.5 Å². The van der Waals surface area contributed by atoms with Crippen LogP contribution in [0.5, 0.6) is 5.75 Å². The summed E-state index contributed by atoms with van der Waals surface area (Å²) in [6, 6.07) is 10.2. The number of alkyl halides is 3. The summed E-state index contributed by atoms with van der Waals surface area (Å²) in [6.07, 6.45) is 0.235.